The first-order valence-corrected chi connectivity index (χ1v) is 7.96. The summed E-state index contributed by atoms with van der Waals surface area (Å²) in [5.41, 5.74) is 4.55. The summed E-state index contributed by atoms with van der Waals surface area (Å²) in [7, 11) is 4.01. The number of nitrogens with zero attached hydrogens (tertiary/aromatic N) is 3. The number of carbonyl (C=O) groups is 1. The van der Waals surface area contributed by atoms with Gasteiger partial charge in [-0.2, -0.15) is 0 Å². The van der Waals surface area contributed by atoms with Gasteiger partial charge in [-0.15, -0.1) is 0 Å². The number of hydrogen-bond acceptors (Lipinski definition) is 5. The van der Waals surface area contributed by atoms with Gasteiger partial charge in [-0.1, -0.05) is 17.7 Å². The molecule has 128 valence electrons. The molecule has 0 unspecified atom stereocenters. The van der Waals surface area contributed by atoms with Gasteiger partial charge in [0.15, 0.2) is 0 Å². The lowest BCUT2D eigenvalue weighted by Gasteiger charge is -2.13. The maximum atomic E-state index is 12.4. The molecule has 2 N–H and O–H groups in total. The average Bonchev–Trinajstić information content (AvgIpc) is 2.51. The average molecular weight is 327 g/mol. The molecule has 0 saturated heterocycles. The lowest BCUT2D eigenvalue weighted by atomic mass is 10.0. The zero-order valence-electron chi connectivity index (χ0n) is 15.0. The molecule has 0 bridgehead atoms. The van der Waals surface area contributed by atoms with E-state index >= 15 is 0 Å². The van der Waals surface area contributed by atoms with Crippen molar-refractivity contribution in [2.24, 2.45) is 0 Å². The van der Waals surface area contributed by atoms with Crippen LogP contribution in [0.3, 0.4) is 0 Å². The maximum Gasteiger partial charge on any atom is 0.258 e. The quantitative estimate of drug-likeness (QED) is 0.853. The number of benzene rings is 1. The van der Waals surface area contributed by atoms with Crippen LogP contribution in [0.1, 0.15) is 27.0 Å². The van der Waals surface area contributed by atoms with Crippen LogP contribution in [0.5, 0.6) is 0 Å². The Morgan fingerprint density at radius 1 is 1.08 bits per heavy atom. The van der Waals surface area contributed by atoms with Crippen molar-refractivity contribution in [1.82, 2.24) is 14.9 Å². The lowest BCUT2D eigenvalue weighted by Crippen LogP contribution is -2.21. The van der Waals surface area contributed by atoms with Gasteiger partial charge in [-0.3, -0.25) is 4.79 Å². The third kappa shape index (κ3) is 4.76. The van der Waals surface area contributed by atoms with Crippen molar-refractivity contribution in [1.29, 1.82) is 0 Å². The second-order valence-corrected chi connectivity index (χ2v) is 6.25. The molecule has 0 fully saturated rings. The number of amides is 1. The number of hydrogen-bond donors (Lipinski definition) is 2. The van der Waals surface area contributed by atoms with Gasteiger partial charge >= 0.3 is 0 Å². The van der Waals surface area contributed by atoms with E-state index in [1.807, 2.05) is 34.9 Å². The molecule has 6 heteroatoms. The van der Waals surface area contributed by atoms with Crippen LogP contribution in [0.2, 0.25) is 0 Å². The largest absolute Gasteiger partial charge is 0.353 e. The molecule has 1 aromatic heterocycles. The number of nitrogens with one attached hydrogen (secondary N) is 2. The van der Waals surface area contributed by atoms with Crippen molar-refractivity contribution >= 4 is 17.5 Å². The Kier molecular flexibility index (Phi) is 5.87. The van der Waals surface area contributed by atoms with Crippen molar-refractivity contribution in [2.75, 3.05) is 37.8 Å². The second-order valence-electron chi connectivity index (χ2n) is 6.25. The van der Waals surface area contributed by atoms with Crippen LogP contribution in [-0.2, 0) is 0 Å². The number of anilines is 2. The number of aryl methyl sites for hydroxylation is 3. The number of aromatic nitrogens is 2. The van der Waals surface area contributed by atoms with E-state index in [1.165, 1.54) is 5.56 Å². The summed E-state index contributed by atoms with van der Waals surface area (Å²) in [4.78, 5) is 22.9. The molecule has 0 radical (unpaired) electrons. The van der Waals surface area contributed by atoms with E-state index in [0.29, 0.717) is 11.5 Å². The highest BCUT2D eigenvalue weighted by atomic mass is 16.1. The maximum absolute atomic E-state index is 12.4. The lowest BCUT2D eigenvalue weighted by molar-refractivity contribution is 0.102. The molecular formula is C18H25N5O. The van der Waals surface area contributed by atoms with E-state index in [4.69, 9.17) is 0 Å². The van der Waals surface area contributed by atoms with Gasteiger partial charge < -0.3 is 15.5 Å². The SMILES string of the molecule is Cc1cc(C)c(NC(=O)c2cnc(NCCN(C)C)nc2)c(C)c1. The molecule has 0 spiro atoms. The van der Waals surface area contributed by atoms with Crippen LogP contribution in [0, 0.1) is 20.8 Å². The molecule has 24 heavy (non-hydrogen) atoms. The van der Waals surface area contributed by atoms with Gasteiger partial charge in [0.25, 0.3) is 5.91 Å². The Labute approximate surface area is 143 Å². The van der Waals surface area contributed by atoms with Crippen molar-refractivity contribution < 1.29 is 4.79 Å². The van der Waals surface area contributed by atoms with E-state index in [1.54, 1.807) is 12.4 Å². The van der Waals surface area contributed by atoms with Gasteiger partial charge in [0.2, 0.25) is 5.95 Å². The Hall–Kier alpha value is -2.47. The first kappa shape index (κ1) is 17.9. The topological polar surface area (TPSA) is 70.2 Å². The van der Waals surface area contributed by atoms with Crippen LogP contribution in [0.25, 0.3) is 0 Å². The molecule has 2 rings (SSSR count). The van der Waals surface area contributed by atoms with Gasteiger partial charge in [0.1, 0.15) is 0 Å². The van der Waals surface area contributed by atoms with Gasteiger partial charge in [0, 0.05) is 31.2 Å². The van der Waals surface area contributed by atoms with E-state index < -0.39 is 0 Å². The molecule has 0 aliphatic rings. The fraction of sp³-hybridized carbons (Fsp3) is 0.389. The van der Waals surface area contributed by atoms with Crippen LogP contribution in [0.4, 0.5) is 11.6 Å². The standard InChI is InChI=1S/C18H25N5O/c1-12-8-13(2)16(14(3)9-12)22-17(24)15-10-20-18(21-11-15)19-6-7-23(4)5/h8-11H,6-7H2,1-5H3,(H,22,24)(H,19,20,21). The molecule has 6 nitrogen and oxygen atoms in total. The highest BCUT2D eigenvalue weighted by molar-refractivity contribution is 6.04. The van der Waals surface area contributed by atoms with Crippen LogP contribution in [0.15, 0.2) is 24.5 Å². The van der Waals surface area contributed by atoms with Gasteiger partial charge in [-0.05, 0) is 46.0 Å². The van der Waals surface area contributed by atoms with Crippen LogP contribution in [-0.4, -0.2) is 48.0 Å². The first-order chi connectivity index (χ1) is 11.4. The predicted octanol–water partition coefficient (Wildman–Crippen LogP) is 2.63. The zero-order valence-corrected chi connectivity index (χ0v) is 15.0. The Morgan fingerprint density at radius 2 is 1.67 bits per heavy atom. The number of rotatable bonds is 6. The highest BCUT2D eigenvalue weighted by Gasteiger charge is 2.11. The van der Waals surface area contributed by atoms with E-state index in [-0.39, 0.29) is 5.91 Å². The highest BCUT2D eigenvalue weighted by Crippen LogP contribution is 2.22. The predicted molar refractivity (Wildman–Crippen MR) is 97.7 cm³/mol. The second kappa shape index (κ2) is 7.88. The van der Waals surface area contributed by atoms with E-state index in [9.17, 15) is 4.79 Å². The summed E-state index contributed by atoms with van der Waals surface area (Å²) in [6.07, 6.45) is 3.08. The van der Waals surface area contributed by atoms with Crippen LogP contribution < -0.4 is 10.6 Å². The summed E-state index contributed by atoms with van der Waals surface area (Å²) in [5, 5.41) is 6.07. The zero-order chi connectivity index (χ0) is 17.7. The number of likely N-dealkylation sites (N-methyl/N-ethyl adjacent to an activating group) is 1. The summed E-state index contributed by atoms with van der Waals surface area (Å²) >= 11 is 0. The molecule has 1 amide bonds. The molecule has 0 saturated carbocycles. The smallest absolute Gasteiger partial charge is 0.258 e. The Bertz CT molecular complexity index is 687. The molecule has 0 aliphatic carbocycles. The third-order valence-electron chi connectivity index (χ3n) is 3.67. The van der Waals surface area contributed by atoms with Gasteiger partial charge in [0.05, 0.1) is 5.56 Å². The number of carbonyl (C=O) groups excluding carboxylic acids is 1. The van der Waals surface area contributed by atoms with Gasteiger partial charge in [-0.25, -0.2) is 9.97 Å². The fourth-order valence-corrected chi connectivity index (χ4v) is 2.49. The van der Waals surface area contributed by atoms with Crippen molar-refractivity contribution in [3.63, 3.8) is 0 Å². The normalized spacial score (nSPS) is 10.8. The molecule has 1 aromatic carbocycles. The summed E-state index contributed by atoms with van der Waals surface area (Å²) in [5.74, 6) is 0.320. The Morgan fingerprint density at radius 3 is 2.21 bits per heavy atom. The molecule has 0 atom stereocenters. The molecule has 1 heterocycles. The van der Waals surface area contributed by atoms with Crippen LogP contribution >= 0.6 is 0 Å². The molecular weight excluding hydrogens is 302 g/mol. The van der Waals surface area contributed by atoms with Crippen molar-refractivity contribution in [2.45, 2.75) is 20.8 Å². The van der Waals surface area contributed by atoms with E-state index in [2.05, 4.69) is 37.6 Å². The monoisotopic (exact) mass is 327 g/mol. The molecule has 2 aromatic rings. The first-order valence-electron chi connectivity index (χ1n) is 7.96. The Balaban J connectivity index is 2.03. The minimum Gasteiger partial charge on any atom is -0.353 e. The van der Waals surface area contributed by atoms with Crippen molar-refractivity contribution in [3.8, 4) is 0 Å². The van der Waals surface area contributed by atoms with Crippen molar-refractivity contribution in [3.05, 3.63) is 46.8 Å². The summed E-state index contributed by atoms with van der Waals surface area (Å²) in [6.45, 7) is 7.66. The van der Waals surface area contributed by atoms with E-state index in [0.717, 1.165) is 29.9 Å². The fourth-order valence-electron chi connectivity index (χ4n) is 2.49. The minimum absolute atomic E-state index is 0.204. The minimum atomic E-state index is -0.204. The summed E-state index contributed by atoms with van der Waals surface area (Å²) < 4.78 is 0. The third-order valence-corrected chi connectivity index (χ3v) is 3.67. The summed E-state index contributed by atoms with van der Waals surface area (Å²) in [6, 6.07) is 4.10. The molecule has 0 aliphatic heterocycles.